The molecule has 1 aliphatic rings. The van der Waals surface area contributed by atoms with Crippen molar-refractivity contribution in [3.63, 3.8) is 0 Å². The van der Waals surface area contributed by atoms with Crippen molar-refractivity contribution in [1.82, 2.24) is 10.2 Å². The number of rotatable bonds is 11. The maximum Gasteiger partial charge on any atom is 0.272 e. The fourth-order valence-corrected chi connectivity index (χ4v) is 7.95. The molecule has 3 amide bonds. The van der Waals surface area contributed by atoms with E-state index in [2.05, 4.69) is 55.0 Å². The Hall–Kier alpha value is -4.99. The number of fused-ring (bicyclic) bond motifs is 1. The molecule has 0 unspecified atom stereocenters. The maximum absolute atomic E-state index is 13.5. The standard InChI is InChI=1S/C39H32BrN5O3S2/c40-29-14-7-11-27(19-29)20-34(43-37(47)28-12-5-2-6-13-28)38(48)42-30-15-8-16-31(21-30)49-25-36(46)44-39-33(22-41)32-17-18-45(24-35(32)50-39)23-26-9-3-1-4-10-26/h1-16,19-21H,17-18,23-25H2,(H,42,48)(H,43,47)(H,44,46)/b34-20+. The number of nitrogens with zero attached hydrogens (tertiary/aromatic N) is 2. The highest BCUT2D eigenvalue weighted by Crippen LogP contribution is 2.37. The normalized spacial score (nSPS) is 12.8. The predicted octanol–water partition coefficient (Wildman–Crippen LogP) is 8.08. The summed E-state index contributed by atoms with van der Waals surface area (Å²) in [6, 6.07) is 35.9. The van der Waals surface area contributed by atoms with E-state index in [4.69, 9.17) is 0 Å². The first-order valence-electron chi connectivity index (χ1n) is 15.8. The number of anilines is 2. The molecule has 1 aromatic heterocycles. The van der Waals surface area contributed by atoms with Gasteiger partial charge in [-0.05, 0) is 71.7 Å². The molecule has 1 aliphatic heterocycles. The van der Waals surface area contributed by atoms with E-state index in [1.165, 1.54) is 28.7 Å². The lowest BCUT2D eigenvalue weighted by Crippen LogP contribution is -2.30. The lowest BCUT2D eigenvalue weighted by atomic mass is 10.0. The molecule has 0 aliphatic carbocycles. The van der Waals surface area contributed by atoms with Gasteiger partial charge >= 0.3 is 0 Å². The van der Waals surface area contributed by atoms with E-state index in [1.54, 1.807) is 48.5 Å². The van der Waals surface area contributed by atoms with Crippen LogP contribution in [0.2, 0.25) is 0 Å². The number of thioether (sulfide) groups is 1. The van der Waals surface area contributed by atoms with E-state index in [0.29, 0.717) is 21.8 Å². The summed E-state index contributed by atoms with van der Waals surface area (Å²) in [6.07, 6.45) is 2.38. The summed E-state index contributed by atoms with van der Waals surface area (Å²) in [6.45, 7) is 2.43. The molecule has 6 rings (SSSR count). The number of carbonyl (C=O) groups is 3. The van der Waals surface area contributed by atoms with Gasteiger partial charge in [0.2, 0.25) is 5.91 Å². The summed E-state index contributed by atoms with van der Waals surface area (Å²) in [5.41, 5.74) is 4.56. The van der Waals surface area contributed by atoms with Crippen LogP contribution in [-0.2, 0) is 29.1 Å². The summed E-state index contributed by atoms with van der Waals surface area (Å²) >= 11 is 6.25. The van der Waals surface area contributed by atoms with Crippen LogP contribution in [0.4, 0.5) is 10.7 Å². The highest BCUT2D eigenvalue weighted by atomic mass is 79.9. The molecule has 11 heteroatoms. The zero-order valence-corrected chi connectivity index (χ0v) is 30.0. The topological polar surface area (TPSA) is 114 Å². The smallest absolute Gasteiger partial charge is 0.272 e. The number of nitriles is 1. The van der Waals surface area contributed by atoms with Crippen molar-refractivity contribution in [2.24, 2.45) is 0 Å². The lowest BCUT2D eigenvalue weighted by molar-refractivity contribution is -0.114. The predicted molar refractivity (Wildman–Crippen MR) is 204 cm³/mol. The zero-order valence-electron chi connectivity index (χ0n) is 26.8. The third-order valence-electron chi connectivity index (χ3n) is 7.90. The Balaban J connectivity index is 1.09. The van der Waals surface area contributed by atoms with Gasteiger partial charge in [-0.15, -0.1) is 23.1 Å². The molecule has 4 aromatic carbocycles. The van der Waals surface area contributed by atoms with E-state index in [9.17, 15) is 19.6 Å². The number of hydrogen-bond acceptors (Lipinski definition) is 7. The molecule has 0 radical (unpaired) electrons. The van der Waals surface area contributed by atoms with Crippen LogP contribution in [0.5, 0.6) is 0 Å². The van der Waals surface area contributed by atoms with Crippen molar-refractivity contribution < 1.29 is 14.4 Å². The molecule has 5 aromatic rings. The Kier molecular flexibility index (Phi) is 11.6. The summed E-state index contributed by atoms with van der Waals surface area (Å²) in [7, 11) is 0. The van der Waals surface area contributed by atoms with E-state index in [-0.39, 0.29) is 17.4 Å². The van der Waals surface area contributed by atoms with E-state index < -0.39 is 11.8 Å². The third-order valence-corrected chi connectivity index (χ3v) is 10.5. The second-order valence-electron chi connectivity index (χ2n) is 11.5. The van der Waals surface area contributed by atoms with Crippen molar-refractivity contribution in [2.75, 3.05) is 22.9 Å². The van der Waals surface area contributed by atoms with E-state index in [0.717, 1.165) is 51.4 Å². The number of thiophene rings is 1. The Labute approximate surface area is 307 Å². The SMILES string of the molecule is N#Cc1c(NC(=O)CSc2cccc(NC(=O)/C(=C\c3cccc(Br)c3)NC(=O)c3ccccc3)c2)sc2c1CCN(Cc1ccccc1)C2. The van der Waals surface area contributed by atoms with Crippen LogP contribution in [0.3, 0.4) is 0 Å². The van der Waals surface area contributed by atoms with Crippen LogP contribution < -0.4 is 16.0 Å². The number of hydrogen-bond donors (Lipinski definition) is 3. The van der Waals surface area contributed by atoms with Crippen LogP contribution in [0, 0.1) is 11.3 Å². The molecule has 0 fully saturated rings. The summed E-state index contributed by atoms with van der Waals surface area (Å²) in [4.78, 5) is 43.8. The fourth-order valence-electron chi connectivity index (χ4n) is 5.52. The first-order chi connectivity index (χ1) is 24.3. The first kappa shape index (κ1) is 34.9. The van der Waals surface area contributed by atoms with Gasteiger partial charge < -0.3 is 16.0 Å². The number of nitrogens with one attached hydrogen (secondary N) is 3. The average Bonchev–Trinajstić information content (AvgIpc) is 3.47. The van der Waals surface area contributed by atoms with Gasteiger partial charge in [0.15, 0.2) is 0 Å². The second kappa shape index (κ2) is 16.6. The molecule has 0 spiro atoms. The summed E-state index contributed by atoms with van der Waals surface area (Å²) < 4.78 is 0.835. The summed E-state index contributed by atoms with van der Waals surface area (Å²) in [5, 5.41) is 19.1. The van der Waals surface area contributed by atoms with Crippen LogP contribution in [0.1, 0.15) is 37.5 Å². The molecule has 50 heavy (non-hydrogen) atoms. The van der Waals surface area contributed by atoms with Crippen LogP contribution in [-0.4, -0.2) is 34.9 Å². The molecule has 2 heterocycles. The molecule has 8 nitrogen and oxygen atoms in total. The van der Waals surface area contributed by atoms with Crippen molar-refractivity contribution in [2.45, 2.75) is 24.4 Å². The van der Waals surface area contributed by atoms with Crippen LogP contribution in [0.15, 0.2) is 124 Å². The van der Waals surface area contributed by atoms with Gasteiger partial charge in [0, 0.05) is 45.1 Å². The number of carbonyl (C=O) groups excluding carboxylic acids is 3. The van der Waals surface area contributed by atoms with Gasteiger partial charge in [0.1, 0.15) is 16.8 Å². The largest absolute Gasteiger partial charge is 0.321 e. The van der Waals surface area contributed by atoms with Gasteiger partial charge in [0.05, 0.1) is 11.3 Å². The lowest BCUT2D eigenvalue weighted by Gasteiger charge is -2.26. The minimum Gasteiger partial charge on any atom is -0.321 e. The maximum atomic E-state index is 13.5. The van der Waals surface area contributed by atoms with Gasteiger partial charge in [-0.2, -0.15) is 5.26 Å². The van der Waals surface area contributed by atoms with E-state index in [1.807, 2.05) is 54.6 Å². The molecule has 0 atom stereocenters. The first-order valence-corrected chi connectivity index (χ1v) is 18.4. The molecule has 0 saturated carbocycles. The Morgan fingerprint density at radius 3 is 2.44 bits per heavy atom. The fraction of sp³-hybridized carbons (Fsp3) is 0.128. The van der Waals surface area contributed by atoms with Crippen molar-refractivity contribution in [3.8, 4) is 6.07 Å². The molecule has 0 saturated heterocycles. The minimum atomic E-state index is -0.498. The van der Waals surface area contributed by atoms with Gasteiger partial charge in [-0.25, -0.2) is 0 Å². The quantitative estimate of drug-likeness (QED) is 0.0927. The Morgan fingerprint density at radius 2 is 1.68 bits per heavy atom. The van der Waals surface area contributed by atoms with Gasteiger partial charge in [-0.1, -0.05) is 82.7 Å². The highest BCUT2D eigenvalue weighted by Gasteiger charge is 2.25. The average molecular weight is 763 g/mol. The Morgan fingerprint density at radius 1 is 0.920 bits per heavy atom. The number of benzene rings is 4. The number of amides is 3. The Bertz CT molecular complexity index is 2090. The van der Waals surface area contributed by atoms with Crippen molar-refractivity contribution in [1.29, 1.82) is 5.26 Å². The second-order valence-corrected chi connectivity index (χ2v) is 14.6. The van der Waals surface area contributed by atoms with E-state index >= 15 is 0 Å². The minimum absolute atomic E-state index is 0.0736. The monoisotopic (exact) mass is 761 g/mol. The molecule has 3 N–H and O–H groups in total. The van der Waals surface area contributed by atoms with Crippen LogP contribution >= 0.6 is 39.0 Å². The van der Waals surface area contributed by atoms with Gasteiger partial charge in [0.25, 0.3) is 11.8 Å². The molecular weight excluding hydrogens is 730 g/mol. The molecular formula is C39H32BrN5O3S2. The van der Waals surface area contributed by atoms with Crippen molar-refractivity contribution >= 4 is 73.5 Å². The molecule has 0 bridgehead atoms. The zero-order chi connectivity index (χ0) is 34.9. The van der Waals surface area contributed by atoms with Crippen LogP contribution in [0.25, 0.3) is 6.08 Å². The number of halogens is 1. The summed E-state index contributed by atoms with van der Waals surface area (Å²) in [5.74, 6) is -1.01. The third kappa shape index (κ3) is 9.16. The van der Waals surface area contributed by atoms with Crippen molar-refractivity contribution in [3.05, 3.63) is 152 Å². The highest BCUT2D eigenvalue weighted by molar-refractivity contribution is 9.10. The van der Waals surface area contributed by atoms with Gasteiger partial charge in [-0.3, -0.25) is 19.3 Å². The molecule has 250 valence electrons.